The Labute approximate surface area is 201 Å². The lowest BCUT2D eigenvalue weighted by molar-refractivity contribution is -0.148. The minimum atomic E-state index is -4.45. The largest absolute Gasteiger partial charge is 0.481 e. The van der Waals surface area contributed by atoms with Gasteiger partial charge in [-0.05, 0) is 35.9 Å². The molecule has 0 aliphatic heterocycles. The molecule has 8 nitrogen and oxygen atoms in total. The van der Waals surface area contributed by atoms with Crippen molar-refractivity contribution < 1.29 is 37.4 Å². The zero-order valence-corrected chi connectivity index (χ0v) is 18.9. The number of hydrogen-bond acceptors (Lipinski definition) is 7. The number of carboxylic acids is 1. The van der Waals surface area contributed by atoms with Crippen molar-refractivity contribution in [3.05, 3.63) is 76.3 Å². The normalized spacial score (nSPS) is 11.1. The molecule has 0 saturated carbocycles. The van der Waals surface area contributed by atoms with Crippen molar-refractivity contribution in [1.29, 1.82) is 0 Å². The lowest BCUT2D eigenvalue weighted by atomic mass is 10.1. The summed E-state index contributed by atoms with van der Waals surface area (Å²) in [6, 6.07) is 11.5. The second kappa shape index (κ2) is 11.5. The predicted molar refractivity (Wildman–Crippen MR) is 122 cm³/mol. The van der Waals surface area contributed by atoms with Gasteiger partial charge in [0.1, 0.15) is 6.61 Å². The Hall–Kier alpha value is -3.93. The van der Waals surface area contributed by atoms with Gasteiger partial charge in [-0.1, -0.05) is 18.2 Å². The molecule has 0 bridgehead atoms. The molecule has 2 aromatic carbocycles. The number of aliphatic carboxylic acids is 1. The molecule has 0 radical (unpaired) electrons. The van der Waals surface area contributed by atoms with Crippen LogP contribution in [0.5, 0.6) is 0 Å². The SMILES string of the molecule is O=C(O)CCC(=O)OCc1csc(NC(=O)c2ccc(NCc3ccccc3C(F)(F)F)cc2)n1. The maximum Gasteiger partial charge on any atom is 0.416 e. The van der Waals surface area contributed by atoms with Crippen LogP contribution in [0.25, 0.3) is 0 Å². The number of anilines is 2. The fourth-order valence-corrected chi connectivity index (χ4v) is 3.61. The number of hydrogen-bond donors (Lipinski definition) is 3. The van der Waals surface area contributed by atoms with E-state index in [-0.39, 0.29) is 36.7 Å². The number of rotatable bonds is 10. The molecule has 0 atom stereocenters. The van der Waals surface area contributed by atoms with E-state index in [4.69, 9.17) is 9.84 Å². The number of nitrogens with one attached hydrogen (secondary N) is 2. The van der Waals surface area contributed by atoms with Gasteiger partial charge >= 0.3 is 18.1 Å². The highest BCUT2D eigenvalue weighted by Gasteiger charge is 2.32. The van der Waals surface area contributed by atoms with E-state index < -0.39 is 29.6 Å². The number of alkyl halides is 3. The lowest BCUT2D eigenvalue weighted by Crippen LogP contribution is -2.13. The number of esters is 1. The van der Waals surface area contributed by atoms with E-state index in [1.165, 1.54) is 30.3 Å². The smallest absolute Gasteiger partial charge is 0.416 e. The van der Waals surface area contributed by atoms with Gasteiger partial charge < -0.3 is 15.2 Å². The summed E-state index contributed by atoms with van der Waals surface area (Å²) in [7, 11) is 0. The van der Waals surface area contributed by atoms with Gasteiger partial charge in [0, 0.05) is 23.2 Å². The van der Waals surface area contributed by atoms with Crippen LogP contribution in [0, 0.1) is 0 Å². The number of nitrogens with zero attached hydrogens (tertiary/aromatic N) is 1. The predicted octanol–water partition coefficient (Wildman–Crippen LogP) is 4.93. The first kappa shape index (κ1) is 25.7. The minimum absolute atomic E-state index is 0.0377. The standard InChI is InChI=1S/C23H20F3N3O5S/c24-23(25,26)18-4-2-1-3-15(18)11-27-16-7-5-14(6-8-16)21(33)29-22-28-17(13-35-22)12-34-20(32)10-9-19(30)31/h1-8,13,27H,9-12H2,(H,30,31)(H,28,29,33). The summed E-state index contributed by atoms with van der Waals surface area (Å²) in [5.74, 6) is -2.21. The molecule has 1 heterocycles. The van der Waals surface area contributed by atoms with Crippen molar-refractivity contribution in [2.75, 3.05) is 10.6 Å². The maximum absolute atomic E-state index is 13.1. The van der Waals surface area contributed by atoms with Crippen LogP contribution in [0.4, 0.5) is 24.0 Å². The van der Waals surface area contributed by atoms with E-state index >= 15 is 0 Å². The second-order valence-corrected chi connectivity index (χ2v) is 8.10. The Morgan fingerprint density at radius 2 is 1.74 bits per heavy atom. The van der Waals surface area contributed by atoms with Crippen LogP contribution in [-0.2, 0) is 33.7 Å². The van der Waals surface area contributed by atoms with Crippen LogP contribution in [0.1, 0.15) is 40.0 Å². The van der Waals surface area contributed by atoms with E-state index in [1.807, 2.05) is 0 Å². The van der Waals surface area contributed by atoms with Gasteiger partial charge in [0.2, 0.25) is 0 Å². The van der Waals surface area contributed by atoms with Crippen molar-refractivity contribution in [3.63, 3.8) is 0 Å². The molecule has 0 aliphatic rings. The second-order valence-electron chi connectivity index (χ2n) is 7.24. The summed E-state index contributed by atoms with van der Waals surface area (Å²) < 4.78 is 44.3. The van der Waals surface area contributed by atoms with Crippen molar-refractivity contribution in [1.82, 2.24) is 4.98 Å². The van der Waals surface area contributed by atoms with Crippen molar-refractivity contribution in [3.8, 4) is 0 Å². The molecule has 0 saturated heterocycles. The number of ether oxygens (including phenoxy) is 1. The Balaban J connectivity index is 1.51. The molecule has 0 aliphatic carbocycles. The minimum Gasteiger partial charge on any atom is -0.481 e. The number of aromatic nitrogens is 1. The molecule has 1 aromatic heterocycles. The summed E-state index contributed by atoms with van der Waals surface area (Å²) in [5.41, 5.74) is 0.644. The van der Waals surface area contributed by atoms with Gasteiger partial charge in [0.25, 0.3) is 5.91 Å². The molecular formula is C23H20F3N3O5S. The average Bonchev–Trinajstić information content (AvgIpc) is 3.27. The Morgan fingerprint density at radius 1 is 1.03 bits per heavy atom. The number of thiazole rings is 1. The fraction of sp³-hybridized carbons (Fsp3) is 0.217. The summed E-state index contributed by atoms with van der Waals surface area (Å²) in [6.07, 6.45) is -5.02. The highest BCUT2D eigenvalue weighted by atomic mass is 32.1. The number of carbonyl (C=O) groups excluding carboxylic acids is 2. The molecule has 184 valence electrons. The Bertz CT molecular complexity index is 1200. The lowest BCUT2D eigenvalue weighted by Gasteiger charge is -2.14. The van der Waals surface area contributed by atoms with Crippen LogP contribution in [0.3, 0.4) is 0 Å². The van der Waals surface area contributed by atoms with Crippen LogP contribution in [0.15, 0.2) is 53.9 Å². The first-order chi connectivity index (χ1) is 16.6. The number of carboxylic acid groups (broad SMARTS) is 1. The van der Waals surface area contributed by atoms with Crippen molar-refractivity contribution in [2.24, 2.45) is 0 Å². The third-order valence-corrected chi connectivity index (χ3v) is 5.46. The Kier molecular flexibility index (Phi) is 8.42. The molecule has 3 rings (SSSR count). The van der Waals surface area contributed by atoms with E-state index in [2.05, 4.69) is 15.6 Å². The fourth-order valence-electron chi connectivity index (χ4n) is 2.92. The van der Waals surface area contributed by atoms with E-state index in [0.717, 1.165) is 17.4 Å². The molecule has 12 heteroatoms. The molecular weight excluding hydrogens is 487 g/mol. The van der Waals surface area contributed by atoms with Crippen molar-refractivity contribution >= 4 is 40.0 Å². The first-order valence-corrected chi connectivity index (χ1v) is 11.1. The van der Waals surface area contributed by atoms with Gasteiger partial charge in [-0.15, -0.1) is 11.3 Å². The zero-order valence-electron chi connectivity index (χ0n) is 18.1. The first-order valence-electron chi connectivity index (χ1n) is 10.2. The van der Waals surface area contributed by atoms with E-state index in [0.29, 0.717) is 16.9 Å². The van der Waals surface area contributed by atoms with E-state index in [1.54, 1.807) is 17.5 Å². The quantitative estimate of drug-likeness (QED) is 0.333. The van der Waals surface area contributed by atoms with Crippen LogP contribution in [-0.4, -0.2) is 27.9 Å². The summed E-state index contributed by atoms with van der Waals surface area (Å²) in [6.45, 7) is -0.188. The number of carbonyl (C=O) groups is 3. The van der Waals surface area contributed by atoms with Gasteiger partial charge in [-0.2, -0.15) is 13.2 Å². The van der Waals surface area contributed by atoms with Crippen LogP contribution >= 0.6 is 11.3 Å². The van der Waals surface area contributed by atoms with Gasteiger partial charge in [-0.3, -0.25) is 19.7 Å². The Morgan fingerprint density at radius 3 is 2.43 bits per heavy atom. The summed E-state index contributed by atoms with van der Waals surface area (Å²) in [4.78, 5) is 38.5. The monoisotopic (exact) mass is 507 g/mol. The number of benzene rings is 2. The molecule has 0 fully saturated rings. The molecule has 0 unspecified atom stereocenters. The topological polar surface area (TPSA) is 118 Å². The van der Waals surface area contributed by atoms with Gasteiger partial charge in [0.05, 0.1) is 24.1 Å². The van der Waals surface area contributed by atoms with Crippen LogP contribution in [0.2, 0.25) is 0 Å². The van der Waals surface area contributed by atoms with E-state index in [9.17, 15) is 27.6 Å². The average molecular weight is 507 g/mol. The number of halogens is 3. The molecule has 0 spiro atoms. The highest BCUT2D eigenvalue weighted by Crippen LogP contribution is 2.32. The third-order valence-electron chi connectivity index (χ3n) is 4.65. The van der Waals surface area contributed by atoms with Crippen LogP contribution < -0.4 is 10.6 Å². The van der Waals surface area contributed by atoms with Crippen molar-refractivity contribution in [2.45, 2.75) is 32.2 Å². The highest BCUT2D eigenvalue weighted by molar-refractivity contribution is 7.14. The summed E-state index contributed by atoms with van der Waals surface area (Å²) in [5, 5.41) is 15.9. The molecule has 3 N–H and O–H groups in total. The van der Waals surface area contributed by atoms with Gasteiger partial charge in [-0.25, -0.2) is 4.98 Å². The number of amides is 1. The molecule has 35 heavy (non-hydrogen) atoms. The third kappa shape index (κ3) is 7.81. The van der Waals surface area contributed by atoms with Gasteiger partial charge in [0.15, 0.2) is 5.13 Å². The summed E-state index contributed by atoms with van der Waals surface area (Å²) >= 11 is 1.12. The maximum atomic E-state index is 13.1. The molecule has 3 aromatic rings. The molecule has 1 amide bonds. The zero-order chi connectivity index (χ0) is 25.4.